The molecule has 1 heteroatoms. The fourth-order valence-corrected chi connectivity index (χ4v) is 4.57. The van der Waals surface area contributed by atoms with E-state index in [1.807, 2.05) is 0 Å². The molecule has 0 N–H and O–H groups in total. The number of ketones is 1. The van der Waals surface area contributed by atoms with E-state index < -0.39 is 0 Å². The van der Waals surface area contributed by atoms with Gasteiger partial charge in [-0.15, -0.1) is 0 Å². The van der Waals surface area contributed by atoms with Crippen molar-refractivity contribution in [2.45, 2.75) is 163 Å². The number of carbonyl (C=O) groups is 1. The molecule has 0 radical (unpaired) electrons. The van der Waals surface area contributed by atoms with Gasteiger partial charge in [0.1, 0.15) is 5.78 Å². The maximum absolute atomic E-state index is 13.0. The van der Waals surface area contributed by atoms with Crippen molar-refractivity contribution in [3.8, 4) is 0 Å². The number of hydrogen-bond donors (Lipinski definition) is 0. The van der Waals surface area contributed by atoms with Gasteiger partial charge in [-0.05, 0) is 24.7 Å². The predicted molar refractivity (Wildman–Crippen MR) is 136 cm³/mol. The zero-order valence-electron chi connectivity index (χ0n) is 21.8. The van der Waals surface area contributed by atoms with Gasteiger partial charge in [-0.2, -0.15) is 0 Å². The van der Waals surface area contributed by atoms with Gasteiger partial charge in [-0.1, -0.05) is 144 Å². The summed E-state index contributed by atoms with van der Waals surface area (Å²) in [6.07, 6.45) is 25.9. The van der Waals surface area contributed by atoms with Crippen LogP contribution in [0.2, 0.25) is 0 Å². The van der Waals surface area contributed by atoms with Gasteiger partial charge in [0.15, 0.2) is 0 Å². The van der Waals surface area contributed by atoms with Crippen molar-refractivity contribution in [1.82, 2.24) is 0 Å². The monoisotopic (exact) mass is 422 g/mol. The molecule has 1 nitrogen and oxygen atoms in total. The van der Waals surface area contributed by atoms with E-state index in [9.17, 15) is 4.79 Å². The Labute approximate surface area is 191 Å². The Morgan fingerprint density at radius 3 is 1.33 bits per heavy atom. The molecule has 0 rings (SSSR count). The van der Waals surface area contributed by atoms with E-state index in [2.05, 4.69) is 34.6 Å². The number of rotatable bonds is 23. The van der Waals surface area contributed by atoms with Gasteiger partial charge >= 0.3 is 0 Å². The molecule has 0 aliphatic heterocycles. The van der Waals surface area contributed by atoms with E-state index in [1.165, 1.54) is 109 Å². The Bertz CT molecular complexity index is 359. The first-order valence-electron chi connectivity index (χ1n) is 14.0. The molecular weight excluding hydrogens is 364 g/mol. The highest BCUT2D eigenvalue weighted by Crippen LogP contribution is 2.25. The molecule has 0 aliphatic rings. The Hall–Kier alpha value is -0.330. The summed E-state index contributed by atoms with van der Waals surface area (Å²) in [5.74, 6) is 2.25. The second-order valence-electron chi connectivity index (χ2n) is 10.6. The maximum Gasteiger partial charge on any atom is 0.136 e. The molecular formula is C29H58O. The Morgan fingerprint density at radius 2 is 0.933 bits per heavy atom. The van der Waals surface area contributed by atoms with Crippen molar-refractivity contribution in [2.24, 2.45) is 17.8 Å². The molecule has 0 aromatic rings. The molecule has 0 saturated heterocycles. The van der Waals surface area contributed by atoms with Gasteiger partial charge in [0.05, 0.1) is 0 Å². The first kappa shape index (κ1) is 29.7. The lowest BCUT2D eigenvalue weighted by atomic mass is 9.85. The Kier molecular flexibility index (Phi) is 21.6. The normalized spacial score (nSPS) is 13.7. The van der Waals surface area contributed by atoms with Crippen LogP contribution in [0.25, 0.3) is 0 Å². The summed E-state index contributed by atoms with van der Waals surface area (Å²) >= 11 is 0. The quantitative estimate of drug-likeness (QED) is 0.150. The number of carbonyl (C=O) groups excluding carboxylic acids is 1. The van der Waals surface area contributed by atoms with Gasteiger partial charge in [-0.3, -0.25) is 4.79 Å². The van der Waals surface area contributed by atoms with Gasteiger partial charge < -0.3 is 0 Å². The highest BCUT2D eigenvalue weighted by atomic mass is 16.1. The Morgan fingerprint density at radius 1 is 0.533 bits per heavy atom. The van der Waals surface area contributed by atoms with E-state index in [1.54, 1.807) is 0 Å². The number of hydrogen-bond acceptors (Lipinski definition) is 1. The van der Waals surface area contributed by atoms with Crippen LogP contribution in [0.5, 0.6) is 0 Å². The van der Waals surface area contributed by atoms with Gasteiger partial charge in [-0.25, -0.2) is 0 Å². The van der Waals surface area contributed by atoms with Gasteiger partial charge in [0, 0.05) is 12.3 Å². The molecule has 2 unspecified atom stereocenters. The Balaban J connectivity index is 4.18. The molecule has 0 spiro atoms. The molecule has 0 bridgehead atoms. The van der Waals surface area contributed by atoms with E-state index in [4.69, 9.17) is 0 Å². The van der Waals surface area contributed by atoms with Crippen LogP contribution < -0.4 is 0 Å². The second kappa shape index (κ2) is 21.9. The van der Waals surface area contributed by atoms with Crippen molar-refractivity contribution in [3.63, 3.8) is 0 Å². The molecule has 0 aromatic heterocycles. The van der Waals surface area contributed by atoms with Crippen molar-refractivity contribution >= 4 is 5.78 Å². The van der Waals surface area contributed by atoms with Crippen LogP contribution in [0.4, 0.5) is 0 Å². The zero-order chi connectivity index (χ0) is 22.5. The minimum absolute atomic E-state index is 0.349. The molecule has 2 atom stereocenters. The number of unbranched alkanes of at least 4 members (excludes halogenated alkanes) is 13. The average Bonchev–Trinajstić information content (AvgIpc) is 2.71. The third kappa shape index (κ3) is 19.6. The molecule has 30 heavy (non-hydrogen) atoms. The van der Waals surface area contributed by atoms with E-state index in [0.717, 1.165) is 25.2 Å². The summed E-state index contributed by atoms with van der Waals surface area (Å²) in [7, 11) is 0. The summed E-state index contributed by atoms with van der Waals surface area (Å²) < 4.78 is 0. The van der Waals surface area contributed by atoms with Gasteiger partial charge in [0.25, 0.3) is 0 Å². The fraction of sp³-hybridized carbons (Fsp3) is 0.966. The first-order valence-corrected chi connectivity index (χ1v) is 14.0. The molecule has 0 saturated carbocycles. The summed E-state index contributed by atoms with van der Waals surface area (Å²) in [5.41, 5.74) is 0. The predicted octanol–water partition coefficient (Wildman–Crippen LogP) is 10.3. The molecule has 180 valence electrons. The molecule has 0 aromatic carbocycles. The highest BCUT2D eigenvalue weighted by Gasteiger charge is 2.20. The van der Waals surface area contributed by atoms with E-state index in [0.29, 0.717) is 17.6 Å². The van der Waals surface area contributed by atoms with Crippen molar-refractivity contribution < 1.29 is 4.79 Å². The SMILES string of the molecule is CCCCCCCCCCCC(CCCCCCCC)C(=O)CC(C)CCC(C)C. The van der Waals surface area contributed by atoms with Crippen LogP contribution in [0.3, 0.4) is 0 Å². The molecule has 0 heterocycles. The van der Waals surface area contributed by atoms with Crippen LogP contribution in [0.1, 0.15) is 163 Å². The van der Waals surface area contributed by atoms with Crippen LogP contribution in [0.15, 0.2) is 0 Å². The van der Waals surface area contributed by atoms with Crippen molar-refractivity contribution in [2.75, 3.05) is 0 Å². The minimum Gasteiger partial charge on any atom is -0.299 e. The molecule has 0 amide bonds. The van der Waals surface area contributed by atoms with Crippen molar-refractivity contribution in [3.05, 3.63) is 0 Å². The van der Waals surface area contributed by atoms with Crippen molar-refractivity contribution in [1.29, 1.82) is 0 Å². The zero-order valence-corrected chi connectivity index (χ0v) is 21.8. The fourth-order valence-electron chi connectivity index (χ4n) is 4.57. The smallest absolute Gasteiger partial charge is 0.136 e. The third-order valence-electron chi connectivity index (χ3n) is 6.80. The van der Waals surface area contributed by atoms with Crippen LogP contribution in [-0.2, 0) is 4.79 Å². The lowest BCUT2D eigenvalue weighted by Gasteiger charge is -2.19. The first-order chi connectivity index (χ1) is 14.5. The summed E-state index contributed by atoms with van der Waals surface area (Å²) in [6, 6.07) is 0. The average molecular weight is 423 g/mol. The second-order valence-corrected chi connectivity index (χ2v) is 10.6. The van der Waals surface area contributed by atoms with E-state index in [-0.39, 0.29) is 0 Å². The molecule has 0 aliphatic carbocycles. The maximum atomic E-state index is 13.0. The lowest BCUT2D eigenvalue weighted by Crippen LogP contribution is -2.18. The summed E-state index contributed by atoms with van der Waals surface area (Å²) in [4.78, 5) is 13.0. The minimum atomic E-state index is 0.349. The largest absolute Gasteiger partial charge is 0.299 e. The highest BCUT2D eigenvalue weighted by molar-refractivity contribution is 5.81. The van der Waals surface area contributed by atoms with Crippen LogP contribution in [0, 0.1) is 17.8 Å². The van der Waals surface area contributed by atoms with Crippen LogP contribution in [-0.4, -0.2) is 5.78 Å². The van der Waals surface area contributed by atoms with Gasteiger partial charge in [0.2, 0.25) is 0 Å². The van der Waals surface area contributed by atoms with Crippen LogP contribution >= 0.6 is 0 Å². The van der Waals surface area contributed by atoms with E-state index >= 15 is 0 Å². The molecule has 0 fully saturated rings. The lowest BCUT2D eigenvalue weighted by molar-refractivity contribution is -0.124. The number of Topliss-reactive ketones (excluding diaryl/α,β-unsaturated/α-hetero) is 1. The third-order valence-corrected chi connectivity index (χ3v) is 6.80. The topological polar surface area (TPSA) is 17.1 Å². The standard InChI is InChI=1S/C29H58O/c1-6-8-10-12-14-15-16-18-20-22-28(21-19-17-13-11-9-7-2)29(30)25-27(5)24-23-26(3)4/h26-28H,6-25H2,1-5H3. The summed E-state index contributed by atoms with van der Waals surface area (Å²) in [6.45, 7) is 11.4. The summed E-state index contributed by atoms with van der Waals surface area (Å²) in [5, 5.41) is 0.